The lowest BCUT2D eigenvalue weighted by Crippen LogP contribution is -2.38. The summed E-state index contributed by atoms with van der Waals surface area (Å²) in [7, 11) is 5.22. The van der Waals surface area contributed by atoms with E-state index in [4.69, 9.17) is 0 Å². The third-order valence-corrected chi connectivity index (χ3v) is 3.84. The molecular formula is C13H24IN5OS. The van der Waals surface area contributed by atoms with Crippen molar-refractivity contribution in [3.05, 3.63) is 15.6 Å². The maximum atomic E-state index is 11.5. The maximum absolute atomic E-state index is 11.5. The molecular weight excluding hydrogens is 401 g/mol. The molecule has 0 unspecified atom stereocenters. The van der Waals surface area contributed by atoms with Gasteiger partial charge >= 0.3 is 0 Å². The van der Waals surface area contributed by atoms with E-state index in [0.29, 0.717) is 25.5 Å². The molecule has 0 saturated heterocycles. The molecule has 0 bridgehead atoms. The predicted molar refractivity (Wildman–Crippen MR) is 98.5 cm³/mol. The van der Waals surface area contributed by atoms with E-state index in [1.54, 1.807) is 37.4 Å². The van der Waals surface area contributed by atoms with Gasteiger partial charge in [0.15, 0.2) is 5.96 Å². The molecule has 0 aliphatic carbocycles. The molecule has 21 heavy (non-hydrogen) atoms. The van der Waals surface area contributed by atoms with E-state index < -0.39 is 0 Å². The van der Waals surface area contributed by atoms with Gasteiger partial charge in [-0.15, -0.1) is 35.3 Å². The van der Waals surface area contributed by atoms with Crippen LogP contribution in [-0.4, -0.2) is 49.4 Å². The highest BCUT2D eigenvalue weighted by Gasteiger charge is 2.07. The Kier molecular flexibility index (Phi) is 9.51. The van der Waals surface area contributed by atoms with Crippen molar-refractivity contribution in [3.63, 3.8) is 0 Å². The molecule has 1 amide bonds. The minimum atomic E-state index is 0. The van der Waals surface area contributed by atoms with Gasteiger partial charge in [-0.05, 0) is 13.8 Å². The molecule has 1 aromatic rings. The highest BCUT2D eigenvalue weighted by Crippen LogP contribution is 2.16. The summed E-state index contributed by atoms with van der Waals surface area (Å²) in [5.41, 5.74) is 1.05. The van der Waals surface area contributed by atoms with Gasteiger partial charge in [0, 0.05) is 39.0 Å². The molecule has 6 nitrogen and oxygen atoms in total. The van der Waals surface area contributed by atoms with Gasteiger partial charge in [0.25, 0.3) is 0 Å². The zero-order valence-corrected chi connectivity index (χ0v) is 16.3. The van der Waals surface area contributed by atoms with Crippen molar-refractivity contribution in [2.24, 2.45) is 4.99 Å². The van der Waals surface area contributed by atoms with Crippen LogP contribution in [0.5, 0.6) is 0 Å². The Morgan fingerprint density at radius 1 is 1.33 bits per heavy atom. The van der Waals surface area contributed by atoms with E-state index in [0.717, 1.165) is 10.7 Å². The molecule has 1 rings (SSSR count). The molecule has 1 aromatic heterocycles. The zero-order valence-electron chi connectivity index (χ0n) is 13.2. The number of halogens is 1. The number of rotatable bonds is 5. The number of nitrogens with one attached hydrogen (secondary N) is 2. The molecule has 0 spiro atoms. The number of carbonyl (C=O) groups is 1. The minimum absolute atomic E-state index is 0. The van der Waals surface area contributed by atoms with Gasteiger partial charge in [-0.2, -0.15) is 0 Å². The van der Waals surface area contributed by atoms with Crippen LogP contribution in [-0.2, 0) is 11.3 Å². The van der Waals surface area contributed by atoms with Crippen molar-refractivity contribution in [1.29, 1.82) is 0 Å². The van der Waals surface area contributed by atoms with Crippen molar-refractivity contribution in [2.45, 2.75) is 26.8 Å². The summed E-state index contributed by atoms with van der Waals surface area (Å²) in [5, 5.41) is 7.42. The third-order valence-electron chi connectivity index (χ3n) is 2.77. The molecule has 0 aliphatic rings. The fraction of sp³-hybridized carbons (Fsp3) is 0.615. The predicted octanol–water partition coefficient (Wildman–Crippen LogP) is 1.52. The van der Waals surface area contributed by atoms with Gasteiger partial charge in [0.05, 0.1) is 17.2 Å². The van der Waals surface area contributed by atoms with Gasteiger partial charge in [-0.25, -0.2) is 4.98 Å². The standard InChI is InChI=1S/C13H23N5OS.HI/c1-9-11(20-10(2)17-9)8-16-13(14-3)15-7-6-12(19)18(4)5;/h6-8H2,1-5H3,(H2,14,15,16);1H. The van der Waals surface area contributed by atoms with E-state index >= 15 is 0 Å². The second-order valence-corrected chi connectivity index (χ2v) is 5.92. The number of nitrogens with zero attached hydrogens (tertiary/aromatic N) is 3. The summed E-state index contributed by atoms with van der Waals surface area (Å²) >= 11 is 1.68. The van der Waals surface area contributed by atoms with Gasteiger partial charge in [0.1, 0.15) is 0 Å². The maximum Gasteiger partial charge on any atom is 0.223 e. The summed E-state index contributed by atoms with van der Waals surface area (Å²) in [6.45, 7) is 5.27. The SMILES string of the molecule is CN=C(NCCC(=O)N(C)C)NCc1sc(C)nc1C.I. The largest absolute Gasteiger partial charge is 0.356 e. The van der Waals surface area contributed by atoms with Gasteiger partial charge < -0.3 is 15.5 Å². The fourth-order valence-corrected chi connectivity index (χ4v) is 2.51. The Balaban J connectivity index is 0.00000400. The summed E-state index contributed by atoms with van der Waals surface area (Å²) in [6.07, 6.45) is 0.451. The monoisotopic (exact) mass is 425 g/mol. The lowest BCUT2D eigenvalue weighted by molar-refractivity contribution is -0.128. The number of thiazole rings is 1. The number of aromatic nitrogens is 1. The number of aliphatic imine (C=N–C) groups is 1. The van der Waals surface area contributed by atoms with E-state index in [-0.39, 0.29) is 29.9 Å². The molecule has 0 atom stereocenters. The average molecular weight is 425 g/mol. The van der Waals surface area contributed by atoms with Crippen LogP contribution >= 0.6 is 35.3 Å². The molecule has 120 valence electrons. The Hall–Kier alpha value is -0.900. The van der Waals surface area contributed by atoms with Crippen molar-refractivity contribution >= 4 is 47.2 Å². The topological polar surface area (TPSA) is 69.6 Å². The van der Waals surface area contributed by atoms with Crippen LogP contribution in [0.4, 0.5) is 0 Å². The minimum Gasteiger partial charge on any atom is -0.356 e. The third kappa shape index (κ3) is 7.07. The second kappa shape index (κ2) is 9.93. The summed E-state index contributed by atoms with van der Waals surface area (Å²) < 4.78 is 0. The smallest absolute Gasteiger partial charge is 0.223 e. The summed E-state index contributed by atoms with van der Waals surface area (Å²) in [6, 6.07) is 0. The molecule has 0 aliphatic heterocycles. The van der Waals surface area contributed by atoms with E-state index in [2.05, 4.69) is 20.6 Å². The van der Waals surface area contributed by atoms with E-state index in [9.17, 15) is 4.79 Å². The molecule has 0 saturated carbocycles. The first-order chi connectivity index (χ1) is 9.43. The normalized spacial score (nSPS) is 10.8. The van der Waals surface area contributed by atoms with Gasteiger partial charge in [0.2, 0.25) is 5.91 Å². The van der Waals surface area contributed by atoms with Crippen LogP contribution in [0.3, 0.4) is 0 Å². The Morgan fingerprint density at radius 2 is 2.00 bits per heavy atom. The first-order valence-electron chi connectivity index (χ1n) is 6.51. The Bertz CT molecular complexity index is 487. The molecule has 0 radical (unpaired) electrons. The van der Waals surface area contributed by atoms with Crippen molar-refractivity contribution < 1.29 is 4.79 Å². The quantitative estimate of drug-likeness (QED) is 0.427. The fourth-order valence-electron chi connectivity index (χ4n) is 1.63. The summed E-state index contributed by atoms with van der Waals surface area (Å²) in [5.74, 6) is 0.795. The first-order valence-corrected chi connectivity index (χ1v) is 7.33. The number of hydrogen-bond donors (Lipinski definition) is 2. The van der Waals surface area contributed by atoms with Crippen molar-refractivity contribution in [3.8, 4) is 0 Å². The van der Waals surface area contributed by atoms with Gasteiger partial charge in [-0.1, -0.05) is 0 Å². The number of carbonyl (C=O) groups excluding carboxylic acids is 1. The number of amides is 1. The Morgan fingerprint density at radius 3 is 2.48 bits per heavy atom. The second-order valence-electron chi connectivity index (χ2n) is 4.63. The molecule has 2 N–H and O–H groups in total. The molecule has 1 heterocycles. The van der Waals surface area contributed by atoms with Crippen LogP contribution < -0.4 is 10.6 Å². The van der Waals surface area contributed by atoms with E-state index in [1.807, 2.05) is 13.8 Å². The molecule has 0 fully saturated rings. The van der Waals surface area contributed by atoms with Crippen LogP contribution in [0.2, 0.25) is 0 Å². The highest BCUT2D eigenvalue weighted by atomic mass is 127. The average Bonchev–Trinajstić information content (AvgIpc) is 2.71. The summed E-state index contributed by atoms with van der Waals surface area (Å²) in [4.78, 5) is 22.8. The lowest BCUT2D eigenvalue weighted by Gasteiger charge is -2.13. The first kappa shape index (κ1) is 20.1. The number of guanidine groups is 1. The van der Waals surface area contributed by atoms with Crippen LogP contribution in [0, 0.1) is 13.8 Å². The lowest BCUT2D eigenvalue weighted by atomic mass is 10.4. The highest BCUT2D eigenvalue weighted by molar-refractivity contribution is 14.0. The Labute approximate surface area is 147 Å². The van der Waals surface area contributed by atoms with Crippen molar-refractivity contribution in [1.82, 2.24) is 20.5 Å². The zero-order chi connectivity index (χ0) is 15.1. The number of hydrogen-bond acceptors (Lipinski definition) is 4. The number of aryl methyl sites for hydroxylation is 2. The van der Waals surface area contributed by atoms with Crippen LogP contribution in [0.25, 0.3) is 0 Å². The van der Waals surface area contributed by atoms with Gasteiger partial charge in [-0.3, -0.25) is 9.79 Å². The van der Waals surface area contributed by atoms with Crippen molar-refractivity contribution in [2.75, 3.05) is 27.7 Å². The van der Waals surface area contributed by atoms with Crippen LogP contribution in [0.1, 0.15) is 22.0 Å². The van der Waals surface area contributed by atoms with E-state index in [1.165, 1.54) is 4.88 Å². The van der Waals surface area contributed by atoms with Crippen LogP contribution in [0.15, 0.2) is 4.99 Å². The molecule has 8 heteroatoms. The molecule has 0 aromatic carbocycles.